The lowest BCUT2D eigenvalue weighted by molar-refractivity contribution is -0.121. The number of nitrogens with one attached hydrogen (secondary N) is 2. The van der Waals surface area contributed by atoms with Crippen LogP contribution >= 0.6 is 11.3 Å². The lowest BCUT2D eigenvalue weighted by atomic mass is 9.96. The van der Waals surface area contributed by atoms with Gasteiger partial charge in [-0.05, 0) is 64.3 Å². The van der Waals surface area contributed by atoms with Crippen LogP contribution in [0, 0.1) is 5.92 Å². The Balaban J connectivity index is 1.78. The first-order valence-electron chi connectivity index (χ1n) is 9.28. The zero-order valence-corrected chi connectivity index (χ0v) is 17.3. The summed E-state index contributed by atoms with van der Waals surface area (Å²) in [7, 11) is 3.93. The molecule has 0 spiro atoms. The molecule has 2 aromatic heterocycles. The van der Waals surface area contributed by atoms with Crippen LogP contribution < -0.4 is 10.6 Å². The minimum Gasteiger partial charge on any atom is -0.365 e. The molecule has 2 aromatic rings. The van der Waals surface area contributed by atoms with Gasteiger partial charge in [0.25, 0.3) is 0 Å². The summed E-state index contributed by atoms with van der Waals surface area (Å²) in [5.74, 6) is 0.608. The van der Waals surface area contributed by atoms with E-state index in [0.717, 1.165) is 47.1 Å². The number of pyridine rings is 1. The number of hydrogen-bond donors (Lipinski definition) is 2. The van der Waals surface area contributed by atoms with Crippen LogP contribution in [0.2, 0.25) is 0 Å². The Morgan fingerprint density at radius 1 is 1.36 bits per heavy atom. The van der Waals surface area contributed by atoms with Gasteiger partial charge < -0.3 is 15.5 Å². The molecule has 0 aromatic carbocycles. The van der Waals surface area contributed by atoms with Crippen LogP contribution in [-0.4, -0.2) is 54.7 Å². The molecule has 148 valence electrons. The summed E-state index contributed by atoms with van der Waals surface area (Å²) in [5.41, 5.74) is 2.60. The van der Waals surface area contributed by atoms with Crippen molar-refractivity contribution < 1.29 is 4.79 Å². The second-order valence-corrected chi connectivity index (χ2v) is 7.99. The molecule has 1 saturated heterocycles. The highest BCUT2D eigenvalue weighted by atomic mass is 32.1. The van der Waals surface area contributed by atoms with Crippen molar-refractivity contribution in [2.45, 2.75) is 19.8 Å². The van der Waals surface area contributed by atoms with E-state index in [0.29, 0.717) is 11.5 Å². The summed E-state index contributed by atoms with van der Waals surface area (Å²) in [6, 6.07) is 1.85. The minimum absolute atomic E-state index is 0.0349. The number of carbonyl (C=O) groups is 1. The van der Waals surface area contributed by atoms with Gasteiger partial charge in [0.2, 0.25) is 5.91 Å². The van der Waals surface area contributed by atoms with Crippen molar-refractivity contribution in [1.82, 2.24) is 14.9 Å². The average molecular weight is 399 g/mol. The number of carbonyl (C=O) groups excluding carboxylic acids is 1. The highest BCUT2D eigenvalue weighted by Crippen LogP contribution is 2.30. The van der Waals surface area contributed by atoms with Gasteiger partial charge in [0.1, 0.15) is 5.82 Å². The fourth-order valence-electron chi connectivity index (χ4n) is 3.16. The van der Waals surface area contributed by atoms with Crippen LogP contribution in [-0.2, 0) is 4.79 Å². The third-order valence-corrected chi connectivity index (χ3v) is 6.06. The van der Waals surface area contributed by atoms with Crippen molar-refractivity contribution in [3.63, 3.8) is 0 Å². The number of rotatable bonds is 6. The van der Waals surface area contributed by atoms with Crippen molar-refractivity contribution in [1.29, 1.82) is 0 Å². The molecule has 0 aliphatic carbocycles. The van der Waals surface area contributed by atoms with E-state index in [9.17, 15) is 4.79 Å². The Labute approximate surface area is 169 Å². The molecule has 1 amide bonds. The lowest BCUT2D eigenvalue weighted by Crippen LogP contribution is -2.36. The van der Waals surface area contributed by atoms with Gasteiger partial charge in [0, 0.05) is 24.7 Å². The first-order chi connectivity index (χ1) is 13.5. The van der Waals surface area contributed by atoms with Crippen LogP contribution in [0.15, 0.2) is 23.5 Å². The number of nitrogens with zero attached hydrogens (tertiary/aromatic N) is 4. The van der Waals surface area contributed by atoms with Crippen molar-refractivity contribution in [3.05, 3.63) is 28.9 Å². The van der Waals surface area contributed by atoms with Crippen LogP contribution in [0.3, 0.4) is 0 Å². The Bertz CT molecular complexity index is 883. The molecule has 7 nitrogen and oxygen atoms in total. The number of likely N-dealkylation sites (tertiary alicyclic amines) is 1. The molecule has 2 N–H and O–H groups in total. The van der Waals surface area contributed by atoms with Crippen molar-refractivity contribution in [2.75, 3.05) is 37.8 Å². The Hall–Kier alpha value is -2.58. The molecular formula is C20H26N6OS. The molecule has 0 unspecified atom stereocenters. The van der Waals surface area contributed by atoms with Gasteiger partial charge in [-0.25, -0.2) is 9.97 Å². The van der Waals surface area contributed by atoms with E-state index in [1.807, 2.05) is 32.3 Å². The molecule has 28 heavy (non-hydrogen) atoms. The predicted molar refractivity (Wildman–Crippen MR) is 118 cm³/mol. The fraction of sp³-hybridized carbons (Fsp3) is 0.400. The molecule has 0 atom stereocenters. The number of amides is 1. The quantitative estimate of drug-likeness (QED) is 0.724. The summed E-state index contributed by atoms with van der Waals surface area (Å²) in [6.45, 7) is 7.55. The first kappa shape index (κ1) is 20.2. The van der Waals surface area contributed by atoms with Gasteiger partial charge in [-0.15, -0.1) is 0 Å². The maximum absolute atomic E-state index is 12.6. The highest BCUT2D eigenvalue weighted by Gasteiger charge is 2.23. The maximum atomic E-state index is 12.6. The molecule has 3 rings (SSSR count). The predicted octanol–water partition coefficient (Wildman–Crippen LogP) is 3.75. The van der Waals surface area contributed by atoms with Crippen LogP contribution in [0.25, 0.3) is 11.6 Å². The van der Waals surface area contributed by atoms with Gasteiger partial charge in [0.15, 0.2) is 5.13 Å². The summed E-state index contributed by atoms with van der Waals surface area (Å²) in [6.07, 6.45) is 7.25. The summed E-state index contributed by atoms with van der Waals surface area (Å²) < 4.78 is 0. The van der Waals surface area contributed by atoms with E-state index in [4.69, 9.17) is 0 Å². The molecule has 0 radical (unpaired) electrons. The number of thiazole rings is 1. The molecule has 0 bridgehead atoms. The van der Waals surface area contributed by atoms with Crippen LogP contribution in [0.1, 0.15) is 30.2 Å². The molecule has 3 heterocycles. The van der Waals surface area contributed by atoms with Crippen molar-refractivity contribution in [2.24, 2.45) is 10.9 Å². The number of piperidine rings is 1. The topological polar surface area (TPSA) is 82.5 Å². The molecule has 1 aliphatic rings. The lowest BCUT2D eigenvalue weighted by Gasteiger charge is -2.27. The Morgan fingerprint density at radius 3 is 2.75 bits per heavy atom. The van der Waals surface area contributed by atoms with Crippen molar-refractivity contribution in [3.8, 4) is 0 Å². The molecule has 0 saturated carbocycles. The fourth-order valence-corrected chi connectivity index (χ4v) is 3.90. The number of aromatic nitrogens is 2. The zero-order valence-electron chi connectivity index (χ0n) is 16.5. The Kier molecular flexibility index (Phi) is 6.53. The van der Waals surface area contributed by atoms with Gasteiger partial charge in [0.05, 0.1) is 16.8 Å². The SMILES string of the molecule is C=Nc1cnc(NC(=O)C2CCN(C)CC2)cc1/C=C(\C)c1cnc(NC)s1. The third-order valence-electron chi connectivity index (χ3n) is 4.91. The van der Waals surface area contributed by atoms with E-state index in [-0.39, 0.29) is 11.8 Å². The minimum atomic E-state index is 0.0349. The molecule has 1 fully saturated rings. The molecule has 8 heteroatoms. The van der Waals surface area contributed by atoms with Crippen LogP contribution in [0.4, 0.5) is 16.6 Å². The van der Waals surface area contributed by atoms with E-state index in [1.54, 1.807) is 17.5 Å². The third kappa shape index (κ3) is 4.82. The number of hydrogen-bond acceptors (Lipinski definition) is 7. The van der Waals surface area contributed by atoms with E-state index in [2.05, 4.69) is 44.3 Å². The monoisotopic (exact) mass is 398 g/mol. The smallest absolute Gasteiger partial charge is 0.228 e. The van der Waals surface area contributed by atoms with E-state index in [1.165, 1.54) is 0 Å². The molecular weight excluding hydrogens is 372 g/mol. The highest BCUT2D eigenvalue weighted by molar-refractivity contribution is 7.16. The number of anilines is 2. The van der Waals surface area contributed by atoms with Crippen molar-refractivity contribution >= 4 is 52.2 Å². The largest absolute Gasteiger partial charge is 0.365 e. The Morgan fingerprint density at radius 2 is 2.11 bits per heavy atom. The van der Waals surface area contributed by atoms with Gasteiger partial charge in [-0.2, -0.15) is 0 Å². The van der Waals surface area contributed by atoms with E-state index < -0.39 is 0 Å². The first-order valence-corrected chi connectivity index (χ1v) is 10.1. The van der Waals surface area contributed by atoms with Gasteiger partial charge >= 0.3 is 0 Å². The molecule has 1 aliphatic heterocycles. The zero-order chi connectivity index (χ0) is 20.1. The second-order valence-electron chi connectivity index (χ2n) is 6.96. The van der Waals surface area contributed by atoms with Crippen LogP contribution in [0.5, 0.6) is 0 Å². The van der Waals surface area contributed by atoms with Gasteiger partial charge in [-0.3, -0.25) is 9.79 Å². The van der Waals surface area contributed by atoms with Gasteiger partial charge in [-0.1, -0.05) is 11.3 Å². The normalized spacial score (nSPS) is 16.0. The second kappa shape index (κ2) is 9.07. The number of allylic oxidation sites excluding steroid dienone is 1. The summed E-state index contributed by atoms with van der Waals surface area (Å²) >= 11 is 1.58. The average Bonchev–Trinajstić information content (AvgIpc) is 3.18. The number of aliphatic imine (C=N–C) groups is 1. The van der Waals surface area contributed by atoms with E-state index >= 15 is 0 Å². The summed E-state index contributed by atoms with van der Waals surface area (Å²) in [5, 5.41) is 6.88. The summed E-state index contributed by atoms with van der Waals surface area (Å²) in [4.78, 5) is 28.6. The standard InChI is InChI=1S/C20H26N6OS/c1-13(17-12-24-20(22-3)28-17)9-15-10-18(23-11-16(15)21-2)25-19(27)14-5-7-26(4)8-6-14/h9-12,14H,2,5-8H2,1,3-4H3,(H,22,24)(H,23,25,27)/b13-9+. The maximum Gasteiger partial charge on any atom is 0.228 e.